The average molecular weight is 343 g/mol. The number of benzene rings is 2. The Balaban J connectivity index is 1.99. The molecule has 7 heteroatoms. The van der Waals surface area contributed by atoms with Crippen LogP contribution in [0.25, 0.3) is 0 Å². The number of amides is 2. The molecule has 124 valence electrons. The molecule has 0 fully saturated rings. The summed E-state index contributed by atoms with van der Waals surface area (Å²) in [6.07, 6.45) is 0. The molecule has 0 spiro atoms. The quantitative estimate of drug-likeness (QED) is 0.744. The molecule has 0 unspecified atom stereocenters. The predicted molar refractivity (Wildman–Crippen MR) is 97.4 cm³/mol. The fourth-order valence-electron chi connectivity index (χ4n) is 1.93. The molecule has 24 heavy (non-hydrogen) atoms. The van der Waals surface area contributed by atoms with Crippen LogP contribution < -0.4 is 20.7 Å². The Morgan fingerprint density at radius 1 is 1.00 bits per heavy atom. The second-order valence-corrected chi connectivity index (χ2v) is 5.31. The summed E-state index contributed by atoms with van der Waals surface area (Å²) in [5, 5.41) is 8.36. The normalized spacial score (nSPS) is 9.75. The van der Waals surface area contributed by atoms with Crippen LogP contribution in [0, 0.1) is 0 Å². The first kappa shape index (κ1) is 17.4. The number of thiocarbonyl (C=S) groups is 1. The Bertz CT molecular complexity index is 760. The van der Waals surface area contributed by atoms with Crippen molar-refractivity contribution < 1.29 is 14.3 Å². The van der Waals surface area contributed by atoms with Gasteiger partial charge in [0.05, 0.1) is 7.11 Å². The van der Waals surface area contributed by atoms with E-state index in [-0.39, 0.29) is 16.9 Å². The zero-order valence-corrected chi connectivity index (χ0v) is 14.1. The molecule has 0 aliphatic carbocycles. The van der Waals surface area contributed by atoms with Gasteiger partial charge in [0.1, 0.15) is 5.75 Å². The number of ether oxygens (including phenoxy) is 1. The molecular formula is C17H17N3O3S. The van der Waals surface area contributed by atoms with Crippen LogP contribution in [-0.4, -0.2) is 24.0 Å². The van der Waals surface area contributed by atoms with E-state index in [0.717, 1.165) is 0 Å². The van der Waals surface area contributed by atoms with Gasteiger partial charge in [-0.3, -0.25) is 9.59 Å². The van der Waals surface area contributed by atoms with Crippen LogP contribution in [0.4, 0.5) is 11.4 Å². The van der Waals surface area contributed by atoms with Gasteiger partial charge in [0.25, 0.3) is 5.91 Å². The summed E-state index contributed by atoms with van der Waals surface area (Å²) in [6.45, 7) is 1.38. The van der Waals surface area contributed by atoms with Crippen molar-refractivity contribution >= 4 is 40.5 Å². The summed E-state index contributed by atoms with van der Waals surface area (Å²) in [5.41, 5.74) is 1.84. The van der Waals surface area contributed by atoms with Crippen molar-refractivity contribution in [3.63, 3.8) is 0 Å². The van der Waals surface area contributed by atoms with E-state index in [1.807, 2.05) is 0 Å². The van der Waals surface area contributed by atoms with Gasteiger partial charge in [-0.25, -0.2) is 0 Å². The number of nitrogens with one attached hydrogen (secondary N) is 3. The number of rotatable bonds is 4. The summed E-state index contributed by atoms with van der Waals surface area (Å²) in [6, 6.07) is 13.9. The number of anilines is 2. The first-order chi connectivity index (χ1) is 11.5. The zero-order chi connectivity index (χ0) is 17.5. The van der Waals surface area contributed by atoms with E-state index in [1.165, 1.54) is 6.92 Å². The number of methoxy groups -OCH3 is 1. The number of hydrogen-bond acceptors (Lipinski definition) is 4. The largest absolute Gasteiger partial charge is 0.497 e. The van der Waals surface area contributed by atoms with Gasteiger partial charge in [-0.05, 0) is 54.7 Å². The summed E-state index contributed by atoms with van der Waals surface area (Å²) in [5.74, 6) is 0.145. The van der Waals surface area contributed by atoms with Crippen molar-refractivity contribution in [3.8, 4) is 5.75 Å². The molecule has 6 nitrogen and oxygen atoms in total. The Morgan fingerprint density at radius 3 is 2.21 bits per heavy atom. The molecule has 2 aromatic carbocycles. The molecule has 0 heterocycles. The Morgan fingerprint density at radius 2 is 1.62 bits per heavy atom. The lowest BCUT2D eigenvalue weighted by molar-refractivity contribution is -0.117. The van der Waals surface area contributed by atoms with Crippen molar-refractivity contribution in [1.82, 2.24) is 5.32 Å². The molecule has 0 aliphatic heterocycles. The molecule has 0 bridgehead atoms. The molecule has 0 aliphatic rings. The van der Waals surface area contributed by atoms with Crippen LogP contribution in [0.15, 0.2) is 48.5 Å². The Labute approximate surface area is 145 Å². The lowest BCUT2D eigenvalue weighted by Crippen LogP contribution is -2.32. The van der Waals surface area contributed by atoms with Gasteiger partial charge in [-0.1, -0.05) is 6.07 Å². The van der Waals surface area contributed by atoms with Gasteiger partial charge in [0.15, 0.2) is 5.11 Å². The van der Waals surface area contributed by atoms with Crippen molar-refractivity contribution in [2.45, 2.75) is 6.92 Å². The average Bonchev–Trinajstić information content (AvgIpc) is 2.56. The monoisotopic (exact) mass is 343 g/mol. The van der Waals surface area contributed by atoms with Gasteiger partial charge in [0, 0.05) is 23.9 Å². The number of carbonyl (C=O) groups is 2. The first-order valence-corrected chi connectivity index (χ1v) is 7.53. The molecule has 2 amide bonds. The van der Waals surface area contributed by atoms with E-state index in [9.17, 15) is 9.59 Å². The third kappa shape index (κ3) is 5.06. The smallest absolute Gasteiger partial charge is 0.255 e. The third-order valence-electron chi connectivity index (χ3n) is 3.02. The number of hydrogen-bond donors (Lipinski definition) is 3. The van der Waals surface area contributed by atoms with Crippen LogP contribution in [0.3, 0.4) is 0 Å². The van der Waals surface area contributed by atoms with Crippen LogP contribution in [0.5, 0.6) is 5.75 Å². The highest BCUT2D eigenvalue weighted by atomic mass is 32.1. The van der Waals surface area contributed by atoms with Crippen LogP contribution in [0.1, 0.15) is 17.3 Å². The van der Waals surface area contributed by atoms with E-state index in [4.69, 9.17) is 17.0 Å². The Kier molecular flexibility index (Phi) is 5.86. The van der Waals surface area contributed by atoms with Crippen molar-refractivity contribution in [1.29, 1.82) is 0 Å². The van der Waals surface area contributed by atoms with Crippen LogP contribution in [0.2, 0.25) is 0 Å². The highest BCUT2D eigenvalue weighted by molar-refractivity contribution is 7.80. The molecular weight excluding hydrogens is 326 g/mol. The minimum Gasteiger partial charge on any atom is -0.497 e. The zero-order valence-electron chi connectivity index (χ0n) is 13.3. The third-order valence-corrected chi connectivity index (χ3v) is 3.23. The molecule has 0 atom stereocenters. The molecule has 0 aromatic heterocycles. The maximum Gasteiger partial charge on any atom is 0.255 e. The molecule has 2 rings (SSSR count). The van der Waals surface area contributed by atoms with Gasteiger partial charge in [-0.15, -0.1) is 0 Å². The molecule has 2 aromatic rings. The van der Waals surface area contributed by atoms with Crippen molar-refractivity contribution in [2.75, 3.05) is 17.7 Å². The molecule has 0 radical (unpaired) electrons. The second-order valence-electron chi connectivity index (χ2n) is 4.90. The van der Waals surface area contributed by atoms with Gasteiger partial charge >= 0.3 is 0 Å². The molecule has 0 saturated carbocycles. The summed E-state index contributed by atoms with van der Waals surface area (Å²) in [7, 11) is 1.55. The lowest BCUT2D eigenvalue weighted by Gasteiger charge is -2.10. The highest BCUT2D eigenvalue weighted by Crippen LogP contribution is 2.17. The summed E-state index contributed by atoms with van der Waals surface area (Å²) >= 11 is 4.98. The van der Waals surface area contributed by atoms with Crippen LogP contribution in [-0.2, 0) is 4.79 Å². The standard InChI is InChI=1S/C17H17N3O3S/c1-11(21)18-17(24)20-14-8-6-13(7-9-14)19-16(22)12-4-3-5-15(10-12)23-2/h3-10H,1-2H3,(H,19,22)(H2,18,20,21,24). The van der Waals surface area contributed by atoms with Crippen molar-refractivity contribution in [2.24, 2.45) is 0 Å². The fraction of sp³-hybridized carbons (Fsp3) is 0.118. The minimum absolute atomic E-state index is 0.218. The predicted octanol–water partition coefficient (Wildman–Crippen LogP) is 2.78. The lowest BCUT2D eigenvalue weighted by atomic mass is 10.2. The van der Waals surface area contributed by atoms with E-state index in [0.29, 0.717) is 22.7 Å². The van der Waals surface area contributed by atoms with Gasteiger partial charge < -0.3 is 20.7 Å². The maximum absolute atomic E-state index is 12.2. The highest BCUT2D eigenvalue weighted by Gasteiger charge is 2.07. The van der Waals surface area contributed by atoms with Gasteiger partial charge in [-0.2, -0.15) is 0 Å². The van der Waals surface area contributed by atoms with E-state index in [2.05, 4.69) is 16.0 Å². The molecule has 3 N–H and O–H groups in total. The van der Waals surface area contributed by atoms with E-state index >= 15 is 0 Å². The SMILES string of the molecule is COc1cccc(C(=O)Nc2ccc(NC(=S)NC(C)=O)cc2)c1. The fourth-order valence-corrected chi connectivity index (χ4v) is 2.19. The first-order valence-electron chi connectivity index (χ1n) is 7.12. The Hall–Kier alpha value is -2.93. The number of carbonyl (C=O) groups excluding carboxylic acids is 2. The van der Waals surface area contributed by atoms with E-state index in [1.54, 1.807) is 55.6 Å². The topological polar surface area (TPSA) is 79.5 Å². The van der Waals surface area contributed by atoms with E-state index < -0.39 is 0 Å². The second kappa shape index (κ2) is 8.07. The van der Waals surface area contributed by atoms with Crippen LogP contribution >= 0.6 is 12.2 Å². The summed E-state index contributed by atoms with van der Waals surface area (Å²) < 4.78 is 5.10. The van der Waals surface area contributed by atoms with Gasteiger partial charge in [0.2, 0.25) is 5.91 Å². The molecule has 0 saturated heterocycles. The summed E-state index contributed by atoms with van der Waals surface area (Å²) in [4.78, 5) is 23.1. The minimum atomic E-state index is -0.241. The maximum atomic E-state index is 12.2. The van der Waals surface area contributed by atoms with Crippen molar-refractivity contribution in [3.05, 3.63) is 54.1 Å².